The average Bonchev–Trinajstić information content (AvgIpc) is 2.29. The summed E-state index contributed by atoms with van der Waals surface area (Å²) in [5.74, 6) is -3.57. The summed E-state index contributed by atoms with van der Waals surface area (Å²) in [5.41, 5.74) is -0.612. The summed E-state index contributed by atoms with van der Waals surface area (Å²) < 4.78 is 41.9. The van der Waals surface area contributed by atoms with Crippen LogP contribution in [0.15, 0.2) is 18.2 Å². The Morgan fingerprint density at radius 2 is 1.90 bits per heavy atom. The molecule has 0 radical (unpaired) electrons. The zero-order chi connectivity index (χ0) is 15.5. The first kappa shape index (κ1) is 15.8. The maximum absolute atomic E-state index is 12.2. The monoisotopic (exact) mass is 291 g/mol. The predicted octanol–water partition coefficient (Wildman–Crippen LogP) is 2.67. The summed E-state index contributed by atoms with van der Waals surface area (Å²) in [6.45, 7) is 3.28. The molecule has 0 aliphatic carbocycles. The molecule has 0 heterocycles. The highest BCUT2D eigenvalue weighted by atomic mass is 19.4. The molecule has 20 heavy (non-hydrogen) atoms. The normalized spacial score (nSPS) is 11.3. The lowest BCUT2D eigenvalue weighted by Gasteiger charge is -2.16. The molecule has 1 amide bonds. The van der Waals surface area contributed by atoms with E-state index in [4.69, 9.17) is 9.84 Å². The number of alkyl halides is 3. The summed E-state index contributed by atoms with van der Waals surface area (Å²) >= 11 is 0. The topological polar surface area (TPSA) is 75.6 Å². The summed E-state index contributed by atoms with van der Waals surface area (Å²) in [5, 5.41) is 10.4. The molecule has 0 fully saturated rings. The summed E-state index contributed by atoms with van der Waals surface area (Å²) in [7, 11) is 0. The first-order valence-corrected chi connectivity index (χ1v) is 5.53. The van der Waals surface area contributed by atoms with E-state index in [1.807, 2.05) is 0 Å². The van der Waals surface area contributed by atoms with Gasteiger partial charge in [0.1, 0.15) is 5.75 Å². The molecule has 0 spiro atoms. The Morgan fingerprint density at radius 3 is 2.35 bits per heavy atom. The van der Waals surface area contributed by atoms with Crippen LogP contribution in [0.25, 0.3) is 0 Å². The number of amides is 1. The molecule has 1 rings (SSSR count). The minimum Gasteiger partial charge on any atom is -0.489 e. The highest BCUT2D eigenvalue weighted by molar-refractivity contribution is 5.98. The number of ether oxygens (including phenoxy) is 1. The number of hydrogen-bond acceptors (Lipinski definition) is 3. The zero-order valence-corrected chi connectivity index (χ0v) is 10.6. The van der Waals surface area contributed by atoms with Crippen LogP contribution in [0.5, 0.6) is 5.75 Å². The van der Waals surface area contributed by atoms with Gasteiger partial charge in [-0.15, -0.1) is 0 Å². The van der Waals surface area contributed by atoms with Gasteiger partial charge < -0.3 is 15.2 Å². The Morgan fingerprint density at radius 1 is 1.30 bits per heavy atom. The minimum absolute atomic E-state index is 0.0393. The van der Waals surface area contributed by atoms with Crippen molar-refractivity contribution in [1.82, 2.24) is 0 Å². The largest absolute Gasteiger partial charge is 0.489 e. The van der Waals surface area contributed by atoms with E-state index in [0.29, 0.717) is 0 Å². The van der Waals surface area contributed by atoms with Gasteiger partial charge in [-0.1, -0.05) is 0 Å². The van der Waals surface area contributed by atoms with Crippen molar-refractivity contribution in [2.24, 2.45) is 0 Å². The number of rotatable bonds is 4. The molecule has 1 aromatic rings. The lowest BCUT2D eigenvalue weighted by atomic mass is 10.2. The van der Waals surface area contributed by atoms with Gasteiger partial charge in [0.05, 0.1) is 17.4 Å². The first-order valence-electron chi connectivity index (χ1n) is 5.53. The van der Waals surface area contributed by atoms with Crippen molar-refractivity contribution in [3.8, 4) is 5.75 Å². The van der Waals surface area contributed by atoms with Crippen LogP contribution in [0.3, 0.4) is 0 Å². The van der Waals surface area contributed by atoms with Crippen LogP contribution in [0.4, 0.5) is 18.9 Å². The number of hydrogen-bond donors (Lipinski definition) is 2. The number of halogens is 3. The van der Waals surface area contributed by atoms with Crippen LogP contribution in [0, 0.1) is 0 Å². The number of carboxylic acids is 1. The molecular formula is C12H12F3NO4. The molecule has 0 aliphatic rings. The van der Waals surface area contributed by atoms with E-state index in [1.165, 1.54) is 12.1 Å². The Hall–Kier alpha value is -2.25. The Kier molecular flexibility index (Phi) is 4.59. The lowest BCUT2D eigenvalue weighted by molar-refractivity contribution is -0.167. The van der Waals surface area contributed by atoms with Crippen molar-refractivity contribution >= 4 is 17.6 Å². The SMILES string of the molecule is CC(C)Oc1ccc(C(=O)O)cc1NC(=O)C(F)(F)F. The maximum atomic E-state index is 12.2. The number of anilines is 1. The van der Waals surface area contributed by atoms with E-state index in [2.05, 4.69) is 0 Å². The fourth-order valence-electron chi connectivity index (χ4n) is 1.31. The molecule has 5 nitrogen and oxygen atoms in total. The second kappa shape index (κ2) is 5.81. The summed E-state index contributed by atoms with van der Waals surface area (Å²) in [4.78, 5) is 21.7. The van der Waals surface area contributed by atoms with E-state index in [1.54, 1.807) is 19.2 Å². The van der Waals surface area contributed by atoms with Gasteiger partial charge in [-0.05, 0) is 32.0 Å². The van der Waals surface area contributed by atoms with Gasteiger partial charge in [0.2, 0.25) is 0 Å². The molecule has 0 atom stereocenters. The molecule has 2 N–H and O–H groups in total. The molecule has 0 saturated heterocycles. The van der Waals surface area contributed by atoms with Crippen LogP contribution in [-0.4, -0.2) is 29.3 Å². The number of nitrogens with one attached hydrogen (secondary N) is 1. The van der Waals surface area contributed by atoms with Crippen molar-refractivity contribution in [3.05, 3.63) is 23.8 Å². The van der Waals surface area contributed by atoms with Crippen LogP contribution in [0.2, 0.25) is 0 Å². The molecule has 0 saturated carbocycles. The third-order valence-corrected chi connectivity index (χ3v) is 2.09. The van der Waals surface area contributed by atoms with Gasteiger partial charge in [-0.25, -0.2) is 4.79 Å². The number of aromatic carboxylic acids is 1. The van der Waals surface area contributed by atoms with Crippen LogP contribution >= 0.6 is 0 Å². The zero-order valence-electron chi connectivity index (χ0n) is 10.6. The van der Waals surface area contributed by atoms with E-state index >= 15 is 0 Å². The molecule has 0 aromatic heterocycles. The van der Waals surface area contributed by atoms with Gasteiger partial charge in [0.15, 0.2) is 0 Å². The Labute approximate surface area is 112 Å². The third kappa shape index (κ3) is 4.15. The molecule has 8 heteroatoms. The second-order valence-electron chi connectivity index (χ2n) is 4.13. The van der Waals surface area contributed by atoms with E-state index < -0.39 is 18.1 Å². The van der Waals surface area contributed by atoms with Gasteiger partial charge in [0, 0.05) is 0 Å². The first-order chi connectivity index (χ1) is 9.11. The number of carbonyl (C=O) groups is 2. The highest BCUT2D eigenvalue weighted by Crippen LogP contribution is 2.29. The van der Waals surface area contributed by atoms with Gasteiger partial charge in [0.25, 0.3) is 0 Å². The van der Waals surface area contributed by atoms with Gasteiger partial charge in [-0.2, -0.15) is 13.2 Å². The minimum atomic E-state index is -5.08. The maximum Gasteiger partial charge on any atom is 0.471 e. The van der Waals surface area contributed by atoms with Gasteiger partial charge >= 0.3 is 18.1 Å². The van der Waals surface area contributed by atoms with E-state index in [-0.39, 0.29) is 23.1 Å². The highest BCUT2D eigenvalue weighted by Gasteiger charge is 2.39. The number of carboxylic acid groups (broad SMARTS) is 1. The summed E-state index contributed by atoms with van der Waals surface area (Å²) in [6.07, 6.45) is -5.43. The quantitative estimate of drug-likeness (QED) is 0.894. The predicted molar refractivity (Wildman–Crippen MR) is 63.9 cm³/mol. The van der Waals surface area contributed by atoms with Crippen LogP contribution in [0.1, 0.15) is 24.2 Å². The molecule has 0 bridgehead atoms. The van der Waals surface area contributed by atoms with Crippen molar-refractivity contribution in [2.75, 3.05) is 5.32 Å². The molecular weight excluding hydrogens is 279 g/mol. The third-order valence-electron chi connectivity index (χ3n) is 2.09. The average molecular weight is 291 g/mol. The fraction of sp³-hybridized carbons (Fsp3) is 0.333. The van der Waals surface area contributed by atoms with Crippen molar-refractivity contribution < 1.29 is 32.6 Å². The molecule has 1 aromatic carbocycles. The van der Waals surface area contributed by atoms with E-state index in [0.717, 1.165) is 6.07 Å². The van der Waals surface area contributed by atoms with Crippen LogP contribution in [-0.2, 0) is 4.79 Å². The summed E-state index contributed by atoms with van der Waals surface area (Å²) in [6, 6.07) is 3.27. The van der Waals surface area contributed by atoms with Crippen LogP contribution < -0.4 is 10.1 Å². The second-order valence-corrected chi connectivity index (χ2v) is 4.13. The molecule has 0 unspecified atom stereocenters. The van der Waals surface area contributed by atoms with E-state index in [9.17, 15) is 22.8 Å². The van der Waals surface area contributed by atoms with Crippen molar-refractivity contribution in [2.45, 2.75) is 26.1 Å². The standard InChI is InChI=1S/C12H12F3NO4/c1-6(2)20-9-4-3-7(10(17)18)5-8(9)16-11(19)12(13,14)15/h3-6H,1-2H3,(H,16,19)(H,17,18). The number of carbonyl (C=O) groups excluding carboxylic acids is 1. The molecule has 0 aliphatic heterocycles. The fourth-order valence-corrected chi connectivity index (χ4v) is 1.31. The Bertz CT molecular complexity index is 526. The van der Waals surface area contributed by atoms with Crippen molar-refractivity contribution in [1.29, 1.82) is 0 Å². The van der Waals surface area contributed by atoms with Gasteiger partial charge in [-0.3, -0.25) is 4.79 Å². The van der Waals surface area contributed by atoms with Crippen molar-refractivity contribution in [3.63, 3.8) is 0 Å². The number of benzene rings is 1. The Balaban J connectivity index is 3.14. The smallest absolute Gasteiger partial charge is 0.471 e. The molecule has 110 valence electrons. The lowest BCUT2D eigenvalue weighted by Crippen LogP contribution is -2.30.